The molecule has 0 heterocycles. The molecule has 0 unspecified atom stereocenters. The van der Waals surface area contributed by atoms with Crippen LogP contribution in [0.5, 0.6) is 0 Å². The minimum Gasteiger partial charge on any atom is -0.449 e. The number of carbonyl (C=O) groups is 1. The SMILES string of the molecule is CC[C@H]1[C@@H](O)[C@@H]2[C@H](CC[C@]3(C)[C@@H]([C@H](C)CCOC(=O)NS(=O)(=O)c4ccc(C(C)(C)CO)cc4)CC[C@@H]23)[C@@]2(C)CC[C@@H](O)C[C@@H]12. The maximum absolute atomic E-state index is 12.8. The average Bonchev–Trinajstić information content (AvgIpc) is 3.35. The van der Waals surface area contributed by atoms with Gasteiger partial charge >= 0.3 is 6.09 Å². The van der Waals surface area contributed by atoms with Crippen LogP contribution in [0.25, 0.3) is 0 Å². The molecule has 0 spiro atoms. The molecule has 4 fully saturated rings. The summed E-state index contributed by atoms with van der Waals surface area (Å²) in [7, 11) is -4.09. The number of benzene rings is 1. The minimum absolute atomic E-state index is 0.0365. The number of aliphatic hydroxyl groups excluding tert-OH is 3. The van der Waals surface area contributed by atoms with E-state index < -0.39 is 21.5 Å². The van der Waals surface area contributed by atoms with Crippen molar-refractivity contribution in [2.24, 2.45) is 52.3 Å². The molecule has 254 valence electrons. The number of amides is 1. The summed E-state index contributed by atoms with van der Waals surface area (Å²) in [5.41, 5.74) is 0.580. The zero-order valence-electron chi connectivity index (χ0n) is 28.2. The number of carbonyl (C=O) groups excluding carboxylic acids is 1. The van der Waals surface area contributed by atoms with Crippen LogP contribution in [0.1, 0.15) is 105 Å². The number of aliphatic hydroxyl groups is 3. The fourth-order valence-electron chi connectivity index (χ4n) is 10.8. The highest BCUT2D eigenvalue weighted by atomic mass is 32.2. The van der Waals surface area contributed by atoms with Crippen molar-refractivity contribution in [2.45, 2.75) is 122 Å². The third-order valence-electron chi connectivity index (χ3n) is 13.5. The highest BCUT2D eigenvalue weighted by Gasteiger charge is 2.64. The topological polar surface area (TPSA) is 133 Å². The quantitative estimate of drug-likeness (QED) is 0.258. The van der Waals surface area contributed by atoms with E-state index >= 15 is 0 Å². The first-order valence-electron chi connectivity index (χ1n) is 17.4. The smallest absolute Gasteiger partial charge is 0.421 e. The van der Waals surface area contributed by atoms with Gasteiger partial charge in [0.2, 0.25) is 0 Å². The van der Waals surface area contributed by atoms with Crippen LogP contribution in [0, 0.1) is 52.3 Å². The van der Waals surface area contributed by atoms with E-state index in [1.165, 1.54) is 12.1 Å². The van der Waals surface area contributed by atoms with Gasteiger partial charge in [0, 0.05) is 5.41 Å². The number of nitrogens with one attached hydrogen (secondary N) is 1. The molecule has 1 aromatic rings. The van der Waals surface area contributed by atoms with Gasteiger partial charge in [-0.05, 0) is 121 Å². The highest BCUT2D eigenvalue weighted by Crippen LogP contribution is 2.69. The van der Waals surface area contributed by atoms with Crippen LogP contribution in [0.3, 0.4) is 0 Å². The van der Waals surface area contributed by atoms with Crippen molar-refractivity contribution in [1.29, 1.82) is 0 Å². The summed E-state index contributed by atoms with van der Waals surface area (Å²) in [6.45, 7) is 13.1. The first-order valence-corrected chi connectivity index (χ1v) is 18.8. The van der Waals surface area contributed by atoms with E-state index in [1.54, 1.807) is 12.1 Å². The van der Waals surface area contributed by atoms with Gasteiger partial charge in [0.1, 0.15) is 0 Å². The van der Waals surface area contributed by atoms with Crippen molar-refractivity contribution in [3.05, 3.63) is 29.8 Å². The van der Waals surface area contributed by atoms with Crippen molar-refractivity contribution >= 4 is 16.1 Å². The Hall–Kier alpha value is -1.68. The molecule has 1 aromatic carbocycles. The summed E-state index contributed by atoms with van der Waals surface area (Å²) >= 11 is 0. The zero-order chi connectivity index (χ0) is 32.9. The third-order valence-corrected chi connectivity index (χ3v) is 14.8. The van der Waals surface area contributed by atoms with Gasteiger partial charge < -0.3 is 20.1 Å². The lowest BCUT2D eigenvalue weighted by Crippen LogP contribution is -2.62. The summed E-state index contributed by atoms with van der Waals surface area (Å²) in [5.74, 6) is 2.60. The molecule has 0 saturated heterocycles. The van der Waals surface area contributed by atoms with Crippen molar-refractivity contribution < 1.29 is 33.3 Å². The Labute approximate surface area is 270 Å². The number of fused-ring (bicyclic) bond motifs is 5. The van der Waals surface area contributed by atoms with Crippen LogP contribution in [0.2, 0.25) is 0 Å². The Kier molecular flexibility index (Phi) is 9.81. The second-order valence-electron chi connectivity index (χ2n) is 16.2. The van der Waals surface area contributed by atoms with Gasteiger partial charge in [0.05, 0.1) is 30.3 Å². The van der Waals surface area contributed by atoms with Gasteiger partial charge in [-0.1, -0.05) is 60.1 Å². The Bertz CT molecular complexity index is 1310. The molecule has 45 heavy (non-hydrogen) atoms. The predicted octanol–water partition coefficient (Wildman–Crippen LogP) is 6.02. The maximum Gasteiger partial charge on any atom is 0.421 e. The van der Waals surface area contributed by atoms with Gasteiger partial charge in [-0.15, -0.1) is 0 Å². The molecule has 4 aliphatic carbocycles. The zero-order valence-corrected chi connectivity index (χ0v) is 29.0. The molecule has 4 saturated carbocycles. The van der Waals surface area contributed by atoms with Crippen molar-refractivity contribution in [1.82, 2.24) is 4.72 Å². The molecular weight excluding hydrogens is 590 g/mol. The van der Waals surface area contributed by atoms with E-state index in [4.69, 9.17) is 4.74 Å². The first-order chi connectivity index (χ1) is 21.1. The second-order valence-corrected chi connectivity index (χ2v) is 17.9. The number of rotatable bonds is 9. The van der Waals surface area contributed by atoms with E-state index in [-0.39, 0.29) is 47.1 Å². The molecule has 9 heteroatoms. The summed E-state index contributed by atoms with van der Waals surface area (Å²) in [6, 6.07) is 6.15. The molecule has 0 aromatic heterocycles. The maximum atomic E-state index is 12.8. The van der Waals surface area contributed by atoms with E-state index in [0.29, 0.717) is 41.9 Å². The van der Waals surface area contributed by atoms with Gasteiger partial charge in [0.25, 0.3) is 10.0 Å². The van der Waals surface area contributed by atoms with Crippen LogP contribution in [-0.2, 0) is 20.2 Å². The van der Waals surface area contributed by atoms with Gasteiger partial charge in [0.15, 0.2) is 0 Å². The Morgan fingerprint density at radius 3 is 2.31 bits per heavy atom. The van der Waals surface area contributed by atoms with Crippen LogP contribution in [-0.4, -0.2) is 55.3 Å². The van der Waals surface area contributed by atoms with Gasteiger partial charge in [-0.3, -0.25) is 0 Å². The molecular formula is C36H57NO7S. The average molecular weight is 648 g/mol. The monoisotopic (exact) mass is 647 g/mol. The molecule has 0 aliphatic heterocycles. The van der Waals surface area contributed by atoms with Gasteiger partial charge in [-0.2, -0.15) is 0 Å². The highest BCUT2D eigenvalue weighted by molar-refractivity contribution is 7.90. The van der Waals surface area contributed by atoms with E-state index in [9.17, 15) is 28.5 Å². The van der Waals surface area contributed by atoms with Crippen molar-refractivity contribution in [2.75, 3.05) is 13.2 Å². The van der Waals surface area contributed by atoms with Crippen molar-refractivity contribution in [3.63, 3.8) is 0 Å². The molecule has 11 atom stereocenters. The molecule has 4 N–H and O–H groups in total. The molecule has 0 radical (unpaired) electrons. The van der Waals surface area contributed by atoms with Crippen LogP contribution in [0.4, 0.5) is 4.79 Å². The lowest BCUT2D eigenvalue weighted by Gasteiger charge is -2.64. The largest absolute Gasteiger partial charge is 0.449 e. The summed E-state index contributed by atoms with van der Waals surface area (Å²) in [5, 5.41) is 32.0. The Morgan fingerprint density at radius 1 is 1.02 bits per heavy atom. The number of ether oxygens (including phenoxy) is 1. The van der Waals surface area contributed by atoms with E-state index in [2.05, 4.69) is 27.7 Å². The van der Waals surface area contributed by atoms with E-state index in [1.807, 2.05) is 18.6 Å². The molecule has 4 aliphatic rings. The number of sulfonamides is 1. The van der Waals surface area contributed by atoms with Gasteiger partial charge in [-0.25, -0.2) is 17.9 Å². The van der Waals surface area contributed by atoms with Crippen LogP contribution >= 0.6 is 0 Å². The predicted molar refractivity (Wildman–Crippen MR) is 174 cm³/mol. The minimum atomic E-state index is -4.09. The van der Waals surface area contributed by atoms with E-state index in [0.717, 1.165) is 56.9 Å². The van der Waals surface area contributed by atoms with Crippen molar-refractivity contribution in [3.8, 4) is 0 Å². The second kappa shape index (κ2) is 12.7. The standard InChI is InChI=1S/C36H57NO7S/c1-7-26-30-20-24(39)14-17-36(30,6)29-15-18-35(5)27(12-13-28(35)31(29)32(26)40)22(2)16-19-44-33(41)37-45(42,43)25-10-8-23(9-11-25)34(3,4)21-38/h8-11,22,24,26-32,38-40H,7,12-21H2,1-6H3,(H,37,41)/t22-,24-,26-,27-,28+,29+,30+,31+,32-,35-,36-/m1/s1. The Morgan fingerprint density at radius 2 is 1.67 bits per heavy atom. The Balaban J connectivity index is 1.19. The van der Waals surface area contributed by atoms with Crippen LogP contribution < -0.4 is 4.72 Å². The lowest BCUT2D eigenvalue weighted by molar-refractivity contribution is -0.203. The normalized spacial score (nSPS) is 38.9. The molecule has 8 nitrogen and oxygen atoms in total. The fraction of sp³-hybridized carbons (Fsp3) is 0.806. The summed E-state index contributed by atoms with van der Waals surface area (Å²) in [6.07, 6.45) is 7.25. The van der Waals surface area contributed by atoms with Crippen LogP contribution in [0.15, 0.2) is 29.2 Å². The molecule has 5 rings (SSSR count). The third kappa shape index (κ3) is 6.20. The lowest BCUT2D eigenvalue weighted by atomic mass is 9.41. The first kappa shape index (κ1) is 34.6. The summed E-state index contributed by atoms with van der Waals surface area (Å²) < 4.78 is 33.0. The number of hydrogen-bond acceptors (Lipinski definition) is 7. The molecule has 0 bridgehead atoms. The number of hydrogen-bond donors (Lipinski definition) is 4. The fourth-order valence-corrected chi connectivity index (χ4v) is 11.7. The molecule has 1 amide bonds. The summed E-state index contributed by atoms with van der Waals surface area (Å²) in [4.78, 5) is 12.5.